The van der Waals surface area contributed by atoms with E-state index in [4.69, 9.17) is 4.74 Å². The van der Waals surface area contributed by atoms with Crippen molar-refractivity contribution < 1.29 is 9.53 Å². The highest BCUT2D eigenvalue weighted by molar-refractivity contribution is 5.95. The zero-order chi connectivity index (χ0) is 42.1. The zero-order valence-corrected chi connectivity index (χ0v) is 38.3. The summed E-state index contributed by atoms with van der Waals surface area (Å²) in [6, 6.07) is 11.5. The van der Waals surface area contributed by atoms with E-state index in [0.717, 1.165) is 91.3 Å². The molecule has 3 aliphatic rings. The Balaban J connectivity index is 0.00000305. The number of ether oxygens (including phenoxy) is 1. The van der Waals surface area contributed by atoms with Gasteiger partial charge in [-0.1, -0.05) is 92.2 Å². The minimum absolute atomic E-state index is 0.0189. The molecule has 1 aromatic heterocycles. The number of piperazine rings is 1. The lowest BCUT2D eigenvalue weighted by molar-refractivity contribution is -0.131. The summed E-state index contributed by atoms with van der Waals surface area (Å²) in [6.07, 6.45) is 6.25. The van der Waals surface area contributed by atoms with Gasteiger partial charge in [-0.05, 0) is 110 Å². The fourth-order valence-electron chi connectivity index (χ4n) is 9.56. The van der Waals surface area contributed by atoms with Gasteiger partial charge in [0.2, 0.25) is 0 Å². The molecule has 0 N–H and O–H groups in total. The monoisotopic (exact) mass is 779 g/mol. The lowest BCUT2D eigenvalue weighted by Crippen LogP contribution is -2.54. The molecule has 2 aromatic carbocycles. The maximum Gasteiger partial charge on any atom is 0.253 e. The van der Waals surface area contributed by atoms with Crippen LogP contribution < -0.4 is 10.3 Å². The summed E-state index contributed by atoms with van der Waals surface area (Å²) in [7, 11) is 3.62. The second kappa shape index (κ2) is 17.7. The normalized spacial score (nSPS) is 18.5. The third-order valence-corrected chi connectivity index (χ3v) is 13.6. The first-order chi connectivity index (χ1) is 26.9. The number of amides is 1. The van der Waals surface area contributed by atoms with E-state index in [-0.39, 0.29) is 34.4 Å². The molecular weight excluding hydrogens is 705 g/mol. The molecule has 1 saturated heterocycles. The number of fused-ring (bicyclic) bond motifs is 1. The van der Waals surface area contributed by atoms with Gasteiger partial charge in [0.25, 0.3) is 11.5 Å². The molecule has 2 fully saturated rings. The lowest BCUT2D eigenvalue weighted by Gasteiger charge is -2.44. The first-order valence-corrected chi connectivity index (χ1v) is 21.9. The second-order valence-electron chi connectivity index (χ2n) is 18.6. The number of nitrogens with zero attached hydrogens (tertiary/aromatic N) is 4. The summed E-state index contributed by atoms with van der Waals surface area (Å²) in [5, 5.41) is 0. The SMILES string of the molecule is CC.CCC1c2cccc(CN3CCN(Cc4c(OC)cc(-c5cn(C)c(=O)c(C)c5C)cc4C(C)C)CC34CC4)c2CCN1C(=O)C(=C(C)C)C(C)C(C)(C)C. The van der Waals surface area contributed by atoms with Gasteiger partial charge >= 0.3 is 0 Å². The number of carbonyl (C=O) groups excluding carboxylic acids is 1. The molecule has 7 nitrogen and oxygen atoms in total. The molecule has 1 saturated carbocycles. The van der Waals surface area contributed by atoms with Gasteiger partial charge in [-0.2, -0.15) is 0 Å². The summed E-state index contributed by atoms with van der Waals surface area (Å²) in [5.74, 6) is 1.66. The van der Waals surface area contributed by atoms with Crippen LogP contribution >= 0.6 is 0 Å². The Labute approximate surface area is 345 Å². The van der Waals surface area contributed by atoms with Crippen molar-refractivity contribution in [1.82, 2.24) is 19.3 Å². The number of carbonyl (C=O) groups is 1. The van der Waals surface area contributed by atoms with Crippen LogP contribution in [0.25, 0.3) is 11.1 Å². The fourth-order valence-corrected chi connectivity index (χ4v) is 9.56. The van der Waals surface area contributed by atoms with E-state index in [1.54, 1.807) is 11.7 Å². The number of hydrogen-bond acceptors (Lipinski definition) is 5. The average molecular weight is 779 g/mol. The maximum absolute atomic E-state index is 14.3. The van der Waals surface area contributed by atoms with Gasteiger partial charge < -0.3 is 14.2 Å². The van der Waals surface area contributed by atoms with Gasteiger partial charge in [0.1, 0.15) is 5.75 Å². The first-order valence-electron chi connectivity index (χ1n) is 21.9. The van der Waals surface area contributed by atoms with E-state index in [1.165, 1.54) is 40.7 Å². The highest BCUT2D eigenvalue weighted by Crippen LogP contribution is 2.47. The second-order valence-corrected chi connectivity index (χ2v) is 18.6. The van der Waals surface area contributed by atoms with Crippen LogP contribution in [0.5, 0.6) is 5.75 Å². The number of methoxy groups -OCH3 is 1. The number of pyridine rings is 1. The summed E-state index contributed by atoms with van der Waals surface area (Å²) >= 11 is 0. The third kappa shape index (κ3) is 8.85. The lowest BCUT2D eigenvalue weighted by atomic mass is 9.75. The fraction of sp³-hybridized carbons (Fsp3) is 0.600. The number of hydrogen-bond donors (Lipinski definition) is 0. The average Bonchev–Trinajstić information content (AvgIpc) is 3.95. The van der Waals surface area contributed by atoms with Crippen molar-refractivity contribution in [3.63, 3.8) is 0 Å². The van der Waals surface area contributed by atoms with Crippen molar-refractivity contribution in [1.29, 1.82) is 0 Å². The first kappa shape index (κ1) is 44.4. The number of benzene rings is 2. The Morgan fingerprint density at radius 1 is 0.982 bits per heavy atom. The van der Waals surface area contributed by atoms with Crippen LogP contribution in [0.2, 0.25) is 0 Å². The van der Waals surface area contributed by atoms with E-state index in [0.29, 0.717) is 5.92 Å². The Hall–Kier alpha value is -3.68. The Kier molecular flexibility index (Phi) is 13.8. The van der Waals surface area contributed by atoms with Crippen molar-refractivity contribution in [3.8, 4) is 16.9 Å². The quantitative estimate of drug-likeness (QED) is 0.192. The van der Waals surface area contributed by atoms with Crippen molar-refractivity contribution in [2.75, 3.05) is 33.3 Å². The Bertz CT molecular complexity index is 2020. The number of allylic oxidation sites excluding steroid dienone is 1. The van der Waals surface area contributed by atoms with E-state index in [1.807, 2.05) is 34.0 Å². The van der Waals surface area contributed by atoms with Gasteiger partial charge in [-0.3, -0.25) is 19.4 Å². The van der Waals surface area contributed by atoms with Gasteiger partial charge in [0, 0.05) is 80.3 Å². The minimum Gasteiger partial charge on any atom is -0.496 e. The zero-order valence-electron chi connectivity index (χ0n) is 38.3. The summed E-state index contributed by atoms with van der Waals surface area (Å²) < 4.78 is 7.84. The molecule has 0 radical (unpaired) electrons. The van der Waals surface area contributed by atoms with Crippen LogP contribution in [0, 0.1) is 25.2 Å². The van der Waals surface area contributed by atoms with Crippen molar-refractivity contribution in [2.45, 2.75) is 146 Å². The topological polar surface area (TPSA) is 58.0 Å². The smallest absolute Gasteiger partial charge is 0.253 e. The molecule has 2 aliphatic heterocycles. The summed E-state index contributed by atoms with van der Waals surface area (Å²) in [5.41, 5.74) is 13.2. The maximum atomic E-state index is 14.3. The Morgan fingerprint density at radius 2 is 1.67 bits per heavy atom. The molecule has 1 aliphatic carbocycles. The molecule has 7 heteroatoms. The van der Waals surface area contributed by atoms with Crippen LogP contribution in [0.4, 0.5) is 0 Å². The number of rotatable bonds is 10. The molecule has 3 aromatic rings. The molecule has 0 bridgehead atoms. The third-order valence-electron chi connectivity index (χ3n) is 13.6. The molecule has 57 heavy (non-hydrogen) atoms. The molecule has 6 rings (SSSR count). The molecule has 2 unspecified atom stereocenters. The van der Waals surface area contributed by atoms with Gasteiger partial charge in [-0.25, -0.2) is 0 Å². The summed E-state index contributed by atoms with van der Waals surface area (Å²) in [6.45, 7) is 33.6. The van der Waals surface area contributed by atoms with Crippen molar-refractivity contribution >= 4 is 5.91 Å². The van der Waals surface area contributed by atoms with Gasteiger partial charge in [0.15, 0.2) is 0 Å². The highest BCUT2D eigenvalue weighted by atomic mass is 16.5. The van der Waals surface area contributed by atoms with E-state index >= 15 is 0 Å². The van der Waals surface area contributed by atoms with E-state index in [9.17, 15) is 9.59 Å². The van der Waals surface area contributed by atoms with Gasteiger partial charge in [0.05, 0.1) is 13.2 Å². The molecule has 1 spiro atoms. The van der Waals surface area contributed by atoms with Crippen LogP contribution in [-0.2, 0) is 31.4 Å². The molecular formula is C50H74N4O3. The van der Waals surface area contributed by atoms with Crippen molar-refractivity contribution in [2.24, 2.45) is 18.4 Å². The Morgan fingerprint density at radius 3 is 2.25 bits per heavy atom. The van der Waals surface area contributed by atoms with Crippen molar-refractivity contribution in [3.05, 3.63) is 97.0 Å². The van der Waals surface area contributed by atoms with E-state index < -0.39 is 0 Å². The van der Waals surface area contributed by atoms with Crippen LogP contribution in [0.3, 0.4) is 0 Å². The molecule has 2 atom stereocenters. The van der Waals surface area contributed by atoms with Gasteiger partial charge in [-0.15, -0.1) is 0 Å². The predicted octanol–water partition coefficient (Wildman–Crippen LogP) is 10.5. The largest absolute Gasteiger partial charge is 0.496 e. The number of aryl methyl sites for hydroxylation is 1. The van der Waals surface area contributed by atoms with Crippen LogP contribution in [0.15, 0.2) is 52.5 Å². The number of aromatic nitrogens is 1. The molecule has 3 heterocycles. The molecule has 312 valence electrons. The van der Waals surface area contributed by atoms with Crippen LogP contribution in [-0.4, -0.2) is 64.0 Å². The predicted molar refractivity (Wildman–Crippen MR) is 238 cm³/mol. The van der Waals surface area contributed by atoms with E-state index in [2.05, 4.69) is 114 Å². The summed E-state index contributed by atoms with van der Waals surface area (Å²) in [4.78, 5) is 34.6. The highest BCUT2D eigenvalue weighted by Gasteiger charge is 2.51. The minimum atomic E-state index is 0.0189. The molecule has 1 amide bonds. The van der Waals surface area contributed by atoms with Crippen LogP contribution in [0.1, 0.15) is 146 Å². The standard InChI is InChI=1S/C48H68N4O3.C2H6/c1-14-42-38-17-15-16-35(37(38)18-21-52(42)46(54)44(31(4)5)34(8)47(9,10)11)26-51-23-22-50(29-48(51)19-20-48)28-41-39(30(2)3)24-36(25-43(41)55-13)40-27-49(12)45(53)33(7)32(40)6;1-2/h15-17,24-25,27,30,34,42H,14,18-23,26,28-29H2,1-13H3;1-2H3.